The fourth-order valence-corrected chi connectivity index (χ4v) is 11.5. The van der Waals surface area contributed by atoms with E-state index in [0.29, 0.717) is 17.4 Å². The predicted molar refractivity (Wildman–Crippen MR) is 333 cm³/mol. The highest BCUT2D eigenvalue weighted by Crippen LogP contribution is 2.38. The summed E-state index contributed by atoms with van der Waals surface area (Å²) in [5.74, 6) is -0.804. The maximum atomic E-state index is 12.9. The molecule has 0 aliphatic carbocycles. The molecule has 2 atom stereocenters. The summed E-state index contributed by atoms with van der Waals surface area (Å²) < 4.78 is 34.3. The van der Waals surface area contributed by atoms with E-state index in [9.17, 15) is 19.0 Å². The molecule has 466 valence electrons. The van der Waals surface area contributed by atoms with Gasteiger partial charge in [-0.2, -0.15) is 0 Å². The molecule has 0 amide bonds. The van der Waals surface area contributed by atoms with Crippen LogP contribution in [0.25, 0.3) is 0 Å². The molecule has 0 heterocycles. The number of phosphoric ester groups is 1. The third kappa shape index (κ3) is 64.2. The molecule has 78 heavy (non-hydrogen) atoms. The molecule has 0 rings (SSSR count). The van der Waals surface area contributed by atoms with Crippen LogP contribution in [0.3, 0.4) is 0 Å². The summed E-state index contributed by atoms with van der Waals surface area (Å²) in [5.41, 5.74) is 0. The second-order valence-electron chi connectivity index (χ2n) is 25.3. The van der Waals surface area contributed by atoms with E-state index in [0.717, 1.165) is 32.1 Å². The standard InChI is InChI=1S/C68H136NO8P/c1-6-8-10-12-14-16-18-20-22-24-26-28-30-31-32-33-34-35-36-37-38-39-41-43-45-47-49-51-53-55-57-59-61-68(71)77-66(65-76-78(72,73)75-63-62-69(3,4)5)64-74-67(70)60-58-56-54-52-50-48-46-44-42-40-29-27-25-23-21-19-17-15-13-11-9-7-2/h66H,6-65H2,1-5H3. The van der Waals surface area contributed by atoms with E-state index in [1.807, 2.05) is 21.1 Å². The molecule has 0 radical (unpaired) electrons. The van der Waals surface area contributed by atoms with Crippen molar-refractivity contribution >= 4 is 19.8 Å². The van der Waals surface area contributed by atoms with E-state index in [4.69, 9.17) is 18.5 Å². The summed E-state index contributed by atoms with van der Waals surface area (Å²) in [4.78, 5) is 38.0. The van der Waals surface area contributed by atoms with Crippen molar-refractivity contribution in [1.29, 1.82) is 0 Å². The van der Waals surface area contributed by atoms with Crippen molar-refractivity contribution in [3.63, 3.8) is 0 Å². The Bertz CT molecular complexity index is 1280. The first kappa shape index (κ1) is 77.0. The lowest BCUT2D eigenvalue weighted by molar-refractivity contribution is -0.870. The number of unbranched alkanes of at least 4 members (excludes halogenated alkanes) is 52. The molecule has 0 aliphatic heterocycles. The highest BCUT2D eigenvalue weighted by molar-refractivity contribution is 7.45. The number of hydrogen-bond acceptors (Lipinski definition) is 8. The Hall–Kier alpha value is -0.990. The van der Waals surface area contributed by atoms with Gasteiger partial charge in [-0.05, 0) is 12.8 Å². The van der Waals surface area contributed by atoms with E-state index in [1.54, 1.807) is 0 Å². The molecular formula is C68H136NO8P. The van der Waals surface area contributed by atoms with Crippen LogP contribution in [-0.4, -0.2) is 70.0 Å². The van der Waals surface area contributed by atoms with Gasteiger partial charge in [-0.15, -0.1) is 0 Å². The van der Waals surface area contributed by atoms with E-state index < -0.39 is 26.5 Å². The minimum atomic E-state index is -4.63. The van der Waals surface area contributed by atoms with Crippen LogP contribution >= 0.6 is 7.82 Å². The minimum Gasteiger partial charge on any atom is -0.756 e. The van der Waals surface area contributed by atoms with Gasteiger partial charge in [0.15, 0.2) is 6.10 Å². The summed E-state index contributed by atoms with van der Waals surface area (Å²) in [7, 11) is 1.20. The zero-order valence-corrected chi connectivity index (χ0v) is 54.1. The van der Waals surface area contributed by atoms with Gasteiger partial charge in [0.25, 0.3) is 7.82 Å². The highest BCUT2D eigenvalue weighted by atomic mass is 31.2. The number of ether oxygens (including phenoxy) is 2. The molecule has 0 bridgehead atoms. The second kappa shape index (κ2) is 60.6. The van der Waals surface area contributed by atoms with E-state index in [2.05, 4.69) is 13.8 Å². The number of esters is 2. The lowest BCUT2D eigenvalue weighted by atomic mass is 10.0. The number of hydrogen-bond donors (Lipinski definition) is 0. The monoisotopic (exact) mass is 1130 g/mol. The fourth-order valence-electron chi connectivity index (χ4n) is 10.8. The zero-order valence-electron chi connectivity index (χ0n) is 53.2. The lowest BCUT2D eigenvalue weighted by Gasteiger charge is -2.28. The van der Waals surface area contributed by atoms with Gasteiger partial charge in [-0.25, -0.2) is 0 Å². The summed E-state index contributed by atoms with van der Waals surface area (Å²) in [5, 5.41) is 0. The number of phosphoric acid groups is 1. The summed E-state index contributed by atoms with van der Waals surface area (Å²) in [6.45, 7) is 4.34. The smallest absolute Gasteiger partial charge is 0.306 e. The molecular weight excluding hydrogens is 990 g/mol. The van der Waals surface area contributed by atoms with Gasteiger partial charge >= 0.3 is 11.9 Å². The summed E-state index contributed by atoms with van der Waals surface area (Å²) >= 11 is 0. The van der Waals surface area contributed by atoms with Crippen molar-refractivity contribution in [2.75, 3.05) is 47.5 Å². The second-order valence-corrected chi connectivity index (χ2v) is 26.7. The molecule has 0 aromatic carbocycles. The van der Waals surface area contributed by atoms with Gasteiger partial charge in [0.05, 0.1) is 27.7 Å². The molecule has 0 saturated heterocycles. The maximum absolute atomic E-state index is 12.9. The number of nitrogens with zero attached hydrogens (tertiary/aromatic N) is 1. The van der Waals surface area contributed by atoms with Crippen molar-refractivity contribution in [2.24, 2.45) is 0 Å². The first-order valence-corrected chi connectivity index (χ1v) is 36.2. The molecule has 0 aromatic rings. The van der Waals surface area contributed by atoms with Crippen molar-refractivity contribution in [3.05, 3.63) is 0 Å². The molecule has 0 saturated carbocycles. The number of rotatable bonds is 66. The summed E-state index contributed by atoms with van der Waals surface area (Å²) in [6, 6.07) is 0. The molecule has 10 heteroatoms. The van der Waals surface area contributed by atoms with Crippen molar-refractivity contribution in [2.45, 2.75) is 380 Å². The molecule has 0 aliphatic rings. The molecule has 0 spiro atoms. The maximum Gasteiger partial charge on any atom is 0.306 e. The van der Waals surface area contributed by atoms with Crippen LogP contribution in [0.2, 0.25) is 0 Å². The van der Waals surface area contributed by atoms with Gasteiger partial charge in [0, 0.05) is 12.8 Å². The Kier molecular flexibility index (Phi) is 59.8. The fraction of sp³-hybridized carbons (Fsp3) is 0.971. The molecule has 9 nitrogen and oxygen atoms in total. The van der Waals surface area contributed by atoms with Gasteiger partial charge < -0.3 is 27.9 Å². The van der Waals surface area contributed by atoms with Crippen LogP contribution in [0.4, 0.5) is 0 Å². The Labute approximate surface area is 486 Å². The lowest BCUT2D eigenvalue weighted by Crippen LogP contribution is -2.37. The Morgan fingerprint density at radius 1 is 0.346 bits per heavy atom. The first-order valence-electron chi connectivity index (χ1n) is 34.7. The van der Waals surface area contributed by atoms with Gasteiger partial charge in [0.2, 0.25) is 0 Å². The molecule has 0 N–H and O–H groups in total. The largest absolute Gasteiger partial charge is 0.756 e. The van der Waals surface area contributed by atoms with Crippen molar-refractivity contribution in [1.82, 2.24) is 0 Å². The van der Waals surface area contributed by atoms with Crippen LogP contribution in [0, 0.1) is 0 Å². The first-order chi connectivity index (χ1) is 38.0. The Morgan fingerprint density at radius 3 is 0.821 bits per heavy atom. The summed E-state index contributed by atoms with van der Waals surface area (Å²) in [6.07, 6.45) is 71.9. The topological polar surface area (TPSA) is 111 Å². The highest BCUT2D eigenvalue weighted by Gasteiger charge is 2.22. The van der Waals surface area contributed by atoms with E-state index in [1.165, 1.54) is 308 Å². The SMILES string of the molecule is CCCCCCCCCCCCCCCCCCCCCCCCCCCCCCCCCCC(=O)OC(COC(=O)CCCCCCCCCCCCCCCCCCCCCCCC)COP(=O)([O-])OCC[N+](C)(C)C. The number of quaternary nitrogens is 1. The molecule has 0 aromatic heterocycles. The number of likely N-dealkylation sites (N-methyl/N-ethyl adjacent to an activating group) is 1. The van der Waals surface area contributed by atoms with Gasteiger partial charge in [-0.3, -0.25) is 14.2 Å². The third-order valence-corrected chi connectivity index (χ3v) is 17.1. The van der Waals surface area contributed by atoms with Crippen LogP contribution in [0.5, 0.6) is 0 Å². The van der Waals surface area contributed by atoms with Crippen LogP contribution in [0.15, 0.2) is 0 Å². The minimum absolute atomic E-state index is 0.0248. The van der Waals surface area contributed by atoms with E-state index in [-0.39, 0.29) is 32.0 Å². The average Bonchev–Trinajstić information content (AvgIpc) is 3.41. The van der Waals surface area contributed by atoms with Crippen molar-refractivity contribution < 1.29 is 42.1 Å². The Balaban J connectivity index is 3.96. The van der Waals surface area contributed by atoms with Gasteiger partial charge in [0.1, 0.15) is 19.8 Å². The number of carbonyl (C=O) groups excluding carboxylic acids is 2. The van der Waals surface area contributed by atoms with Gasteiger partial charge in [-0.1, -0.05) is 348 Å². The molecule has 2 unspecified atom stereocenters. The van der Waals surface area contributed by atoms with Crippen LogP contribution in [-0.2, 0) is 32.7 Å². The van der Waals surface area contributed by atoms with Crippen molar-refractivity contribution in [3.8, 4) is 0 Å². The normalized spacial score (nSPS) is 13.1. The van der Waals surface area contributed by atoms with Crippen LogP contribution < -0.4 is 4.89 Å². The van der Waals surface area contributed by atoms with Crippen LogP contribution in [0.1, 0.15) is 373 Å². The van der Waals surface area contributed by atoms with E-state index >= 15 is 0 Å². The predicted octanol–water partition coefficient (Wildman–Crippen LogP) is 21.5. The zero-order chi connectivity index (χ0) is 57.0. The third-order valence-electron chi connectivity index (χ3n) is 16.1. The average molecular weight is 1130 g/mol. The quantitative estimate of drug-likeness (QED) is 0.0256. The Morgan fingerprint density at radius 2 is 0.577 bits per heavy atom. The number of carbonyl (C=O) groups is 2. The molecule has 0 fully saturated rings.